The van der Waals surface area contributed by atoms with Crippen molar-refractivity contribution in [1.82, 2.24) is 24.1 Å². The molecule has 13 heteroatoms. The molecule has 3 aromatic heterocycles. The monoisotopic (exact) mass is 537 g/mol. The molecule has 9 nitrogen and oxygen atoms in total. The lowest BCUT2D eigenvalue weighted by atomic mass is 10.2. The normalized spacial score (nSPS) is 16.4. The average molecular weight is 538 g/mol. The minimum Gasteiger partial charge on any atom is -0.405 e. The van der Waals surface area contributed by atoms with Gasteiger partial charge in [-0.2, -0.15) is 4.98 Å². The van der Waals surface area contributed by atoms with Crippen LogP contribution in [-0.2, 0) is 0 Å². The number of halogens is 4. The summed E-state index contributed by atoms with van der Waals surface area (Å²) >= 11 is 3.11. The number of nitrogens with zero attached hydrogens (tertiary/aromatic N) is 6. The van der Waals surface area contributed by atoms with Crippen LogP contribution >= 0.6 is 15.9 Å². The van der Waals surface area contributed by atoms with Crippen LogP contribution < -0.4 is 15.0 Å². The molecule has 1 fully saturated rings. The third-order valence-corrected chi connectivity index (χ3v) is 6.11. The van der Waals surface area contributed by atoms with Crippen molar-refractivity contribution in [1.29, 1.82) is 0 Å². The molecule has 1 saturated heterocycles. The third kappa shape index (κ3) is 4.53. The van der Waals surface area contributed by atoms with E-state index in [0.29, 0.717) is 23.3 Å². The lowest BCUT2D eigenvalue weighted by molar-refractivity contribution is -0.274. The number of nitrogens with one attached hydrogen (secondary N) is 1. The van der Waals surface area contributed by atoms with Gasteiger partial charge in [-0.05, 0) is 59.1 Å². The molecule has 178 valence electrons. The van der Waals surface area contributed by atoms with Crippen molar-refractivity contribution in [2.24, 2.45) is 0 Å². The molecule has 5 rings (SSSR count). The summed E-state index contributed by atoms with van der Waals surface area (Å²) in [6.45, 7) is 0.789. The lowest BCUT2D eigenvalue weighted by Crippen LogP contribution is -2.34. The van der Waals surface area contributed by atoms with Gasteiger partial charge in [-0.1, -0.05) is 0 Å². The maximum Gasteiger partial charge on any atom is 0.573 e. The zero-order chi connectivity index (χ0) is 23.9. The minimum atomic E-state index is -4.77. The van der Waals surface area contributed by atoms with Crippen LogP contribution in [0.25, 0.3) is 11.2 Å². The van der Waals surface area contributed by atoms with E-state index in [1.165, 1.54) is 24.5 Å². The van der Waals surface area contributed by atoms with E-state index >= 15 is 0 Å². The molecule has 0 bridgehead atoms. The van der Waals surface area contributed by atoms with Crippen molar-refractivity contribution in [2.45, 2.75) is 25.2 Å². The van der Waals surface area contributed by atoms with E-state index in [4.69, 9.17) is 0 Å². The fraction of sp³-hybridized carbons (Fsp3) is 0.286. The quantitative estimate of drug-likeness (QED) is 0.379. The van der Waals surface area contributed by atoms with E-state index in [9.17, 15) is 18.3 Å². The summed E-state index contributed by atoms with van der Waals surface area (Å²) in [7, 11) is 0. The Morgan fingerprint density at radius 2 is 2.12 bits per heavy atom. The fourth-order valence-electron chi connectivity index (χ4n) is 3.93. The average Bonchev–Trinajstić information content (AvgIpc) is 3.54. The number of aliphatic hydroxyl groups is 1. The van der Waals surface area contributed by atoms with Crippen molar-refractivity contribution in [2.75, 3.05) is 23.4 Å². The zero-order valence-electron chi connectivity index (χ0n) is 17.6. The second-order valence-electron chi connectivity index (χ2n) is 7.72. The molecule has 34 heavy (non-hydrogen) atoms. The van der Waals surface area contributed by atoms with Crippen molar-refractivity contribution in [3.8, 4) is 11.4 Å². The molecule has 2 N–H and O–H groups in total. The van der Waals surface area contributed by atoms with Gasteiger partial charge in [0, 0.05) is 18.4 Å². The maximum absolute atomic E-state index is 12.5. The number of hydrogen-bond acceptors (Lipinski definition) is 7. The number of ether oxygens (including phenoxy) is 1. The van der Waals surface area contributed by atoms with Crippen LogP contribution in [0.3, 0.4) is 0 Å². The molecule has 0 aliphatic carbocycles. The molecule has 0 saturated carbocycles. The molecule has 4 heterocycles. The highest BCUT2D eigenvalue weighted by atomic mass is 79.9. The predicted molar refractivity (Wildman–Crippen MR) is 122 cm³/mol. The Kier molecular flexibility index (Phi) is 5.81. The first-order valence-electron chi connectivity index (χ1n) is 10.4. The van der Waals surface area contributed by atoms with Gasteiger partial charge in [-0.15, -0.1) is 18.3 Å². The smallest absolute Gasteiger partial charge is 0.405 e. The van der Waals surface area contributed by atoms with Gasteiger partial charge in [0.15, 0.2) is 5.82 Å². The number of aromatic nitrogens is 5. The molecule has 0 unspecified atom stereocenters. The lowest BCUT2D eigenvalue weighted by Gasteiger charge is -2.23. The van der Waals surface area contributed by atoms with E-state index in [1.54, 1.807) is 15.3 Å². The molecule has 1 aliphatic heterocycles. The maximum atomic E-state index is 12.5. The summed E-state index contributed by atoms with van der Waals surface area (Å²) in [4.78, 5) is 11.0. The van der Waals surface area contributed by atoms with Crippen molar-refractivity contribution >= 4 is 39.0 Å². The molecule has 0 amide bonds. The number of benzene rings is 1. The van der Waals surface area contributed by atoms with Crippen molar-refractivity contribution in [3.05, 3.63) is 53.5 Å². The summed E-state index contributed by atoms with van der Waals surface area (Å²) in [6.07, 6.45) is 2.10. The summed E-state index contributed by atoms with van der Waals surface area (Å²) in [5.41, 5.74) is 1.33. The van der Waals surface area contributed by atoms with Gasteiger partial charge in [0.2, 0.25) is 5.95 Å². The Hall–Kier alpha value is -3.32. The van der Waals surface area contributed by atoms with E-state index in [1.807, 2.05) is 23.2 Å². The second kappa shape index (κ2) is 8.80. The number of hydrogen-bond donors (Lipinski definition) is 2. The molecule has 1 atom stereocenters. The summed E-state index contributed by atoms with van der Waals surface area (Å²) in [5, 5.41) is 17.4. The number of rotatable bonds is 6. The van der Waals surface area contributed by atoms with E-state index in [0.717, 1.165) is 24.9 Å². The zero-order valence-corrected chi connectivity index (χ0v) is 19.2. The van der Waals surface area contributed by atoms with Gasteiger partial charge in [0.1, 0.15) is 23.4 Å². The first-order valence-corrected chi connectivity index (χ1v) is 11.2. The Bertz CT molecular complexity index is 1320. The Balaban J connectivity index is 1.41. The van der Waals surface area contributed by atoms with Crippen LogP contribution in [0, 0.1) is 0 Å². The second-order valence-corrected chi connectivity index (χ2v) is 8.58. The summed E-state index contributed by atoms with van der Waals surface area (Å²) < 4.78 is 45.1. The molecule has 4 aromatic rings. The van der Waals surface area contributed by atoms with Crippen LogP contribution in [0.5, 0.6) is 5.75 Å². The van der Waals surface area contributed by atoms with Crippen LogP contribution in [0.2, 0.25) is 0 Å². The standard InChI is InChI=1S/C21H19BrF3N7O2/c22-15-9-13(5-6-17(15)34-21(23,24)25)30-10-18(26-12-30)27-19-16-4-2-8-32(16)29-20(28-19)31-7-1-3-14(31)11-33/h2,4-6,8-10,12,14,33H,1,3,7,11H2,(H,27,28,29)/t14-/m0/s1. The Morgan fingerprint density at radius 1 is 1.26 bits per heavy atom. The SMILES string of the molecule is OC[C@@H]1CCCN1c1nc(Nc2cn(-c3ccc(OC(F)(F)F)c(Br)c3)cn2)c2cccn2n1. The number of aliphatic hydroxyl groups excluding tert-OH is 1. The molecule has 0 radical (unpaired) electrons. The number of anilines is 3. The number of imidazole rings is 1. The minimum absolute atomic E-state index is 0.0252. The number of fused-ring (bicyclic) bond motifs is 1. The van der Waals surface area contributed by atoms with Gasteiger partial charge in [-0.3, -0.25) is 0 Å². The predicted octanol–water partition coefficient (Wildman–Crippen LogP) is 4.28. The molecule has 1 aromatic carbocycles. The summed E-state index contributed by atoms with van der Waals surface area (Å²) in [6, 6.07) is 7.92. The highest BCUT2D eigenvalue weighted by molar-refractivity contribution is 9.10. The van der Waals surface area contributed by atoms with Gasteiger partial charge < -0.3 is 24.6 Å². The van der Waals surface area contributed by atoms with Gasteiger partial charge in [0.05, 0.1) is 23.3 Å². The Morgan fingerprint density at radius 3 is 2.88 bits per heavy atom. The molecular formula is C21H19BrF3N7O2. The van der Waals surface area contributed by atoms with Crippen LogP contribution in [0.1, 0.15) is 12.8 Å². The topological polar surface area (TPSA) is 92.7 Å². The van der Waals surface area contributed by atoms with E-state index in [-0.39, 0.29) is 22.9 Å². The molecular weight excluding hydrogens is 519 g/mol. The first kappa shape index (κ1) is 22.5. The van der Waals surface area contributed by atoms with Crippen LogP contribution in [-0.4, -0.2) is 54.8 Å². The van der Waals surface area contributed by atoms with Crippen LogP contribution in [0.4, 0.5) is 30.8 Å². The van der Waals surface area contributed by atoms with E-state index < -0.39 is 6.36 Å². The van der Waals surface area contributed by atoms with E-state index in [2.05, 4.69) is 41.1 Å². The third-order valence-electron chi connectivity index (χ3n) is 5.49. The van der Waals surface area contributed by atoms with Crippen LogP contribution in [0.15, 0.2) is 53.5 Å². The van der Waals surface area contributed by atoms with Gasteiger partial charge >= 0.3 is 6.36 Å². The first-order chi connectivity index (χ1) is 16.3. The highest BCUT2D eigenvalue weighted by Gasteiger charge is 2.32. The summed E-state index contributed by atoms with van der Waals surface area (Å²) in [5.74, 6) is 1.20. The number of alkyl halides is 3. The fourth-order valence-corrected chi connectivity index (χ4v) is 4.38. The molecule has 0 spiro atoms. The Labute approximate surface area is 199 Å². The van der Waals surface area contributed by atoms with Crippen molar-refractivity contribution < 1.29 is 23.0 Å². The van der Waals surface area contributed by atoms with Crippen molar-refractivity contribution in [3.63, 3.8) is 0 Å². The largest absolute Gasteiger partial charge is 0.573 e. The van der Waals surface area contributed by atoms with Gasteiger partial charge in [0.25, 0.3) is 0 Å². The van der Waals surface area contributed by atoms with Gasteiger partial charge in [-0.25, -0.2) is 9.50 Å². The molecule has 1 aliphatic rings. The highest BCUT2D eigenvalue weighted by Crippen LogP contribution is 2.32.